The summed E-state index contributed by atoms with van der Waals surface area (Å²) in [5.74, 6) is 1.55. The van der Waals surface area contributed by atoms with Crippen LogP contribution in [0, 0.1) is 0 Å². The molecule has 0 radical (unpaired) electrons. The van der Waals surface area contributed by atoms with Gasteiger partial charge in [0.2, 0.25) is 0 Å². The minimum Gasteiger partial charge on any atom is -0.355 e. The molecule has 0 aliphatic carbocycles. The zero-order valence-electron chi connectivity index (χ0n) is 12.7. The van der Waals surface area contributed by atoms with E-state index >= 15 is 0 Å². The van der Waals surface area contributed by atoms with Gasteiger partial charge in [0, 0.05) is 37.1 Å². The molecule has 0 bridgehead atoms. The second-order valence-corrected chi connectivity index (χ2v) is 5.89. The van der Waals surface area contributed by atoms with Gasteiger partial charge in [-0.05, 0) is 30.9 Å². The van der Waals surface area contributed by atoms with E-state index in [0.717, 1.165) is 31.0 Å². The molecule has 0 aromatic carbocycles. The van der Waals surface area contributed by atoms with Crippen LogP contribution in [0.1, 0.15) is 36.9 Å². The summed E-state index contributed by atoms with van der Waals surface area (Å²) in [6.45, 7) is 4.19. The number of nitrogens with one attached hydrogen (secondary N) is 2. The van der Waals surface area contributed by atoms with Crippen LogP contribution < -0.4 is 4.90 Å². The normalized spacial score (nSPS) is 19.0. The Hall–Kier alpha value is -2.37. The SMILES string of the molecule is CCc1c[nH]c2ncnc(N3CCCC(c4ccn[nH]4)C3)c12. The van der Waals surface area contributed by atoms with Gasteiger partial charge in [-0.25, -0.2) is 9.97 Å². The highest BCUT2D eigenvalue weighted by molar-refractivity contribution is 5.90. The first kappa shape index (κ1) is 13.3. The van der Waals surface area contributed by atoms with E-state index in [2.05, 4.69) is 49.2 Å². The Morgan fingerprint density at radius 2 is 2.32 bits per heavy atom. The zero-order chi connectivity index (χ0) is 14.9. The van der Waals surface area contributed by atoms with Crippen molar-refractivity contribution >= 4 is 16.9 Å². The van der Waals surface area contributed by atoms with Crippen LogP contribution in [0.2, 0.25) is 0 Å². The molecule has 1 unspecified atom stereocenters. The number of aromatic amines is 2. The third-order valence-corrected chi connectivity index (χ3v) is 4.60. The fourth-order valence-corrected chi connectivity index (χ4v) is 3.45. The van der Waals surface area contributed by atoms with Crippen molar-refractivity contribution in [3.05, 3.63) is 36.0 Å². The van der Waals surface area contributed by atoms with Crippen molar-refractivity contribution in [3.8, 4) is 0 Å². The summed E-state index contributed by atoms with van der Waals surface area (Å²) in [4.78, 5) is 14.6. The van der Waals surface area contributed by atoms with E-state index in [1.54, 1.807) is 6.33 Å². The van der Waals surface area contributed by atoms with Crippen LogP contribution in [0.5, 0.6) is 0 Å². The topological polar surface area (TPSA) is 73.5 Å². The van der Waals surface area contributed by atoms with Crippen molar-refractivity contribution in [2.45, 2.75) is 32.1 Å². The van der Waals surface area contributed by atoms with Gasteiger partial charge in [-0.2, -0.15) is 5.10 Å². The Morgan fingerprint density at radius 3 is 3.14 bits per heavy atom. The first-order valence-corrected chi connectivity index (χ1v) is 7.92. The van der Waals surface area contributed by atoms with Gasteiger partial charge in [0.25, 0.3) is 0 Å². The molecule has 3 aromatic heterocycles. The Kier molecular flexibility index (Phi) is 3.29. The maximum Gasteiger partial charge on any atom is 0.143 e. The Morgan fingerprint density at radius 1 is 1.36 bits per heavy atom. The third kappa shape index (κ3) is 2.15. The average molecular weight is 296 g/mol. The van der Waals surface area contributed by atoms with Gasteiger partial charge in [-0.15, -0.1) is 0 Å². The van der Waals surface area contributed by atoms with E-state index in [1.807, 2.05) is 6.20 Å². The smallest absolute Gasteiger partial charge is 0.143 e. The number of hydrogen-bond donors (Lipinski definition) is 2. The van der Waals surface area contributed by atoms with Crippen LogP contribution in [0.4, 0.5) is 5.82 Å². The van der Waals surface area contributed by atoms with Gasteiger partial charge in [0.05, 0.1) is 5.39 Å². The summed E-state index contributed by atoms with van der Waals surface area (Å²) in [7, 11) is 0. The van der Waals surface area contributed by atoms with Gasteiger partial charge in [-0.1, -0.05) is 6.92 Å². The second-order valence-electron chi connectivity index (χ2n) is 5.89. The first-order valence-electron chi connectivity index (χ1n) is 7.92. The molecule has 4 heterocycles. The van der Waals surface area contributed by atoms with E-state index in [-0.39, 0.29) is 0 Å². The largest absolute Gasteiger partial charge is 0.355 e. The zero-order valence-corrected chi connectivity index (χ0v) is 12.7. The van der Waals surface area contributed by atoms with Crippen LogP contribution in [0.15, 0.2) is 24.8 Å². The van der Waals surface area contributed by atoms with Gasteiger partial charge < -0.3 is 9.88 Å². The number of nitrogens with zero attached hydrogens (tertiary/aromatic N) is 4. The van der Waals surface area contributed by atoms with Crippen molar-refractivity contribution in [2.24, 2.45) is 0 Å². The van der Waals surface area contributed by atoms with Crippen molar-refractivity contribution in [1.29, 1.82) is 0 Å². The number of H-pyrrole nitrogens is 2. The van der Waals surface area contributed by atoms with E-state index in [9.17, 15) is 0 Å². The van der Waals surface area contributed by atoms with Gasteiger partial charge >= 0.3 is 0 Å². The first-order chi connectivity index (χ1) is 10.9. The molecule has 4 rings (SSSR count). The molecular weight excluding hydrogens is 276 g/mol. The molecule has 0 saturated carbocycles. The van der Waals surface area contributed by atoms with Crippen LogP contribution in [0.3, 0.4) is 0 Å². The Balaban J connectivity index is 1.70. The minimum atomic E-state index is 0.491. The average Bonchev–Trinajstić information content (AvgIpc) is 3.24. The fraction of sp³-hybridized carbons (Fsp3) is 0.438. The highest BCUT2D eigenvalue weighted by atomic mass is 15.2. The summed E-state index contributed by atoms with van der Waals surface area (Å²) in [6, 6.07) is 2.08. The highest BCUT2D eigenvalue weighted by Crippen LogP contribution is 2.32. The molecule has 1 fully saturated rings. The quantitative estimate of drug-likeness (QED) is 0.779. The maximum atomic E-state index is 4.60. The molecule has 114 valence electrons. The van der Waals surface area contributed by atoms with E-state index in [1.165, 1.54) is 29.5 Å². The van der Waals surface area contributed by atoms with Gasteiger partial charge in [0.1, 0.15) is 17.8 Å². The summed E-state index contributed by atoms with van der Waals surface area (Å²) >= 11 is 0. The third-order valence-electron chi connectivity index (χ3n) is 4.60. The molecule has 1 saturated heterocycles. The number of anilines is 1. The number of piperidine rings is 1. The molecule has 1 aliphatic heterocycles. The minimum absolute atomic E-state index is 0.491. The summed E-state index contributed by atoms with van der Waals surface area (Å²) in [5.41, 5.74) is 3.44. The van der Waals surface area contributed by atoms with E-state index < -0.39 is 0 Å². The summed E-state index contributed by atoms with van der Waals surface area (Å²) < 4.78 is 0. The Labute approximate surface area is 129 Å². The fourth-order valence-electron chi connectivity index (χ4n) is 3.45. The van der Waals surface area contributed by atoms with Crippen LogP contribution in [-0.2, 0) is 6.42 Å². The van der Waals surface area contributed by atoms with Crippen molar-refractivity contribution < 1.29 is 0 Å². The highest BCUT2D eigenvalue weighted by Gasteiger charge is 2.25. The standard InChI is InChI=1S/C16H20N6/c1-2-11-8-17-15-14(11)16(19-10-18-15)22-7-3-4-12(9-22)13-5-6-20-21-13/h5-6,8,10,12H,2-4,7,9H2,1H3,(H,20,21)(H,17,18,19). The van der Waals surface area contributed by atoms with Crippen molar-refractivity contribution in [3.63, 3.8) is 0 Å². The molecule has 3 aromatic rings. The number of aryl methyl sites for hydroxylation is 1. The molecule has 2 N–H and O–H groups in total. The molecule has 6 heteroatoms. The van der Waals surface area contributed by atoms with E-state index in [4.69, 9.17) is 0 Å². The second kappa shape index (κ2) is 5.44. The molecule has 6 nitrogen and oxygen atoms in total. The molecular formula is C16H20N6. The molecule has 0 spiro atoms. The molecule has 22 heavy (non-hydrogen) atoms. The lowest BCUT2D eigenvalue weighted by molar-refractivity contribution is 0.499. The van der Waals surface area contributed by atoms with Crippen molar-refractivity contribution in [1.82, 2.24) is 25.1 Å². The number of rotatable bonds is 3. The number of hydrogen-bond acceptors (Lipinski definition) is 4. The van der Waals surface area contributed by atoms with Gasteiger partial charge in [-0.3, -0.25) is 5.10 Å². The number of aromatic nitrogens is 5. The molecule has 1 aliphatic rings. The van der Waals surface area contributed by atoms with Gasteiger partial charge in [0.15, 0.2) is 0 Å². The van der Waals surface area contributed by atoms with Crippen LogP contribution in [0.25, 0.3) is 11.0 Å². The summed E-state index contributed by atoms with van der Waals surface area (Å²) in [6.07, 6.45) is 8.89. The summed E-state index contributed by atoms with van der Waals surface area (Å²) in [5, 5.41) is 8.38. The Bertz CT molecular complexity index is 760. The predicted molar refractivity (Wildman–Crippen MR) is 86.0 cm³/mol. The van der Waals surface area contributed by atoms with E-state index in [0.29, 0.717) is 5.92 Å². The van der Waals surface area contributed by atoms with Crippen LogP contribution in [-0.4, -0.2) is 38.2 Å². The van der Waals surface area contributed by atoms with Crippen molar-refractivity contribution in [2.75, 3.05) is 18.0 Å². The lowest BCUT2D eigenvalue weighted by atomic mass is 9.94. The predicted octanol–water partition coefficient (Wildman–Crippen LogP) is 2.63. The van der Waals surface area contributed by atoms with Crippen LogP contribution >= 0.6 is 0 Å². The molecule has 1 atom stereocenters. The molecule has 0 amide bonds. The monoisotopic (exact) mass is 296 g/mol. The number of fused-ring (bicyclic) bond motifs is 1. The lowest BCUT2D eigenvalue weighted by Gasteiger charge is -2.33. The maximum absolute atomic E-state index is 4.60. The lowest BCUT2D eigenvalue weighted by Crippen LogP contribution is -2.35.